The molecule has 0 saturated heterocycles. The highest BCUT2D eigenvalue weighted by atomic mass is 79.9. The molecule has 1 amide bonds. The topological polar surface area (TPSA) is 71.3 Å². The summed E-state index contributed by atoms with van der Waals surface area (Å²) < 4.78 is 2.64. The van der Waals surface area contributed by atoms with Crippen molar-refractivity contribution in [2.75, 3.05) is 5.32 Å². The summed E-state index contributed by atoms with van der Waals surface area (Å²) in [5, 5.41) is 11.8. The maximum atomic E-state index is 12.3. The first kappa shape index (κ1) is 15.3. The van der Waals surface area contributed by atoms with Gasteiger partial charge in [-0.15, -0.1) is 0 Å². The van der Waals surface area contributed by atoms with Crippen molar-refractivity contribution in [1.82, 2.24) is 4.57 Å². The van der Waals surface area contributed by atoms with E-state index in [-0.39, 0.29) is 11.5 Å². The van der Waals surface area contributed by atoms with Gasteiger partial charge in [-0.1, -0.05) is 6.07 Å². The maximum Gasteiger partial charge on any atom is 0.335 e. The summed E-state index contributed by atoms with van der Waals surface area (Å²) in [5.74, 6) is -1.29. The van der Waals surface area contributed by atoms with Crippen molar-refractivity contribution < 1.29 is 14.7 Å². The molecule has 0 aliphatic carbocycles. The number of halogens is 1. The number of carbonyl (C=O) groups excluding carboxylic acids is 1. The van der Waals surface area contributed by atoms with Crippen LogP contribution in [0.5, 0.6) is 0 Å². The number of nitrogens with zero attached hydrogens (tertiary/aromatic N) is 1. The molecular formula is C15H15BrN2O3. The first-order valence-electron chi connectivity index (χ1n) is 6.43. The summed E-state index contributed by atoms with van der Waals surface area (Å²) in [6, 6.07) is 6.38. The lowest BCUT2D eigenvalue weighted by molar-refractivity contribution is 0.0696. The van der Waals surface area contributed by atoms with E-state index in [0.29, 0.717) is 17.9 Å². The molecule has 0 spiro atoms. The van der Waals surface area contributed by atoms with Gasteiger partial charge in [0.15, 0.2) is 0 Å². The van der Waals surface area contributed by atoms with Crippen LogP contribution in [-0.4, -0.2) is 21.6 Å². The third kappa shape index (κ3) is 3.33. The van der Waals surface area contributed by atoms with Crippen LogP contribution in [0.1, 0.15) is 33.3 Å². The number of carboxylic acid groups (broad SMARTS) is 1. The summed E-state index contributed by atoms with van der Waals surface area (Å²) in [4.78, 5) is 23.3. The van der Waals surface area contributed by atoms with Gasteiger partial charge in [0, 0.05) is 22.9 Å². The maximum absolute atomic E-state index is 12.3. The minimum absolute atomic E-state index is 0.142. The average molecular weight is 351 g/mol. The lowest BCUT2D eigenvalue weighted by Gasteiger charge is -2.10. The molecule has 0 atom stereocenters. The van der Waals surface area contributed by atoms with Gasteiger partial charge in [0.05, 0.1) is 5.56 Å². The Bertz CT molecular complexity index is 707. The number of rotatable bonds is 4. The predicted molar refractivity (Wildman–Crippen MR) is 83.9 cm³/mol. The molecule has 21 heavy (non-hydrogen) atoms. The monoisotopic (exact) mass is 350 g/mol. The molecule has 0 saturated carbocycles. The second-order valence-corrected chi connectivity index (χ2v) is 5.53. The van der Waals surface area contributed by atoms with Gasteiger partial charge in [-0.05, 0) is 53.5 Å². The number of anilines is 1. The van der Waals surface area contributed by atoms with Crippen molar-refractivity contribution in [3.8, 4) is 0 Å². The third-order valence-corrected chi connectivity index (χ3v) is 3.60. The number of aryl methyl sites for hydroxylation is 2. The number of benzene rings is 1. The van der Waals surface area contributed by atoms with Crippen LogP contribution in [-0.2, 0) is 6.54 Å². The van der Waals surface area contributed by atoms with E-state index in [1.807, 2.05) is 24.6 Å². The zero-order chi connectivity index (χ0) is 15.6. The van der Waals surface area contributed by atoms with E-state index in [1.165, 1.54) is 12.1 Å². The van der Waals surface area contributed by atoms with Crippen LogP contribution in [0.25, 0.3) is 0 Å². The number of nitrogens with one attached hydrogen (secondary N) is 1. The Labute approximate surface area is 130 Å². The summed E-state index contributed by atoms with van der Waals surface area (Å²) in [7, 11) is 0. The minimum Gasteiger partial charge on any atom is -0.478 e. The fraction of sp³-hybridized carbons (Fsp3) is 0.200. The molecule has 1 aromatic heterocycles. The Kier molecular flexibility index (Phi) is 4.47. The number of carbonyl (C=O) groups is 2. The van der Waals surface area contributed by atoms with Crippen LogP contribution in [0.15, 0.2) is 34.9 Å². The van der Waals surface area contributed by atoms with E-state index in [9.17, 15) is 9.59 Å². The lowest BCUT2D eigenvalue weighted by atomic mass is 10.1. The fourth-order valence-corrected chi connectivity index (χ4v) is 2.47. The second-order valence-electron chi connectivity index (χ2n) is 4.62. The molecule has 0 aliphatic rings. The molecule has 0 aliphatic heterocycles. The number of aromatic carboxylic acids is 1. The van der Waals surface area contributed by atoms with Gasteiger partial charge in [-0.2, -0.15) is 0 Å². The van der Waals surface area contributed by atoms with Crippen molar-refractivity contribution in [1.29, 1.82) is 0 Å². The second kappa shape index (κ2) is 6.13. The van der Waals surface area contributed by atoms with Crippen LogP contribution in [0.2, 0.25) is 0 Å². The van der Waals surface area contributed by atoms with Crippen LogP contribution in [0.3, 0.4) is 0 Å². The molecule has 2 rings (SSSR count). The van der Waals surface area contributed by atoms with E-state index >= 15 is 0 Å². The highest BCUT2D eigenvalue weighted by Gasteiger charge is 2.14. The van der Waals surface area contributed by atoms with Gasteiger partial charge < -0.3 is 15.0 Å². The molecule has 0 fully saturated rings. The van der Waals surface area contributed by atoms with Crippen molar-refractivity contribution in [2.24, 2.45) is 0 Å². The lowest BCUT2D eigenvalue weighted by Crippen LogP contribution is -2.17. The van der Waals surface area contributed by atoms with Crippen LogP contribution in [0, 0.1) is 6.92 Å². The summed E-state index contributed by atoms with van der Waals surface area (Å²) in [6.07, 6.45) is 1.83. The van der Waals surface area contributed by atoms with Gasteiger partial charge in [-0.25, -0.2) is 4.79 Å². The van der Waals surface area contributed by atoms with E-state index in [4.69, 9.17) is 5.11 Å². The van der Waals surface area contributed by atoms with E-state index in [2.05, 4.69) is 21.2 Å². The average Bonchev–Trinajstić information content (AvgIpc) is 2.82. The first-order chi connectivity index (χ1) is 9.92. The molecule has 110 valence electrons. The number of amides is 1. The van der Waals surface area contributed by atoms with Crippen molar-refractivity contribution in [3.63, 3.8) is 0 Å². The zero-order valence-corrected chi connectivity index (χ0v) is 13.3. The SMILES string of the molecule is CCn1cc(Br)cc1C(=O)Nc1cc(C(=O)O)ccc1C. The Hall–Kier alpha value is -2.08. The van der Waals surface area contributed by atoms with Crippen molar-refractivity contribution in [2.45, 2.75) is 20.4 Å². The highest BCUT2D eigenvalue weighted by molar-refractivity contribution is 9.10. The molecule has 1 aromatic carbocycles. The van der Waals surface area contributed by atoms with Gasteiger partial charge in [0.25, 0.3) is 5.91 Å². The van der Waals surface area contributed by atoms with Crippen LogP contribution in [0.4, 0.5) is 5.69 Å². The molecular weight excluding hydrogens is 336 g/mol. The molecule has 5 nitrogen and oxygen atoms in total. The number of hydrogen-bond donors (Lipinski definition) is 2. The molecule has 2 aromatic rings. The standard InChI is InChI=1S/C15H15BrN2O3/c1-3-18-8-11(16)7-13(18)14(19)17-12-6-10(15(20)21)5-4-9(12)2/h4-8H,3H2,1-2H3,(H,17,19)(H,20,21). The van der Waals surface area contributed by atoms with Crippen molar-refractivity contribution in [3.05, 3.63) is 51.8 Å². The van der Waals surface area contributed by atoms with E-state index < -0.39 is 5.97 Å². The quantitative estimate of drug-likeness (QED) is 0.885. The molecule has 1 heterocycles. The predicted octanol–water partition coefficient (Wildman–Crippen LogP) is 3.53. The molecule has 0 bridgehead atoms. The fourth-order valence-electron chi connectivity index (χ4n) is 2.00. The molecule has 6 heteroatoms. The number of hydrogen-bond acceptors (Lipinski definition) is 2. The third-order valence-electron chi connectivity index (χ3n) is 3.17. The van der Waals surface area contributed by atoms with E-state index in [1.54, 1.807) is 12.1 Å². The zero-order valence-electron chi connectivity index (χ0n) is 11.7. The Balaban J connectivity index is 2.31. The Morgan fingerprint density at radius 3 is 2.67 bits per heavy atom. The van der Waals surface area contributed by atoms with Gasteiger partial charge in [-0.3, -0.25) is 4.79 Å². The normalized spacial score (nSPS) is 10.4. The number of aromatic nitrogens is 1. The molecule has 0 unspecified atom stereocenters. The summed E-state index contributed by atoms with van der Waals surface area (Å²) in [6.45, 7) is 4.43. The van der Waals surface area contributed by atoms with Crippen LogP contribution >= 0.6 is 15.9 Å². The Morgan fingerprint density at radius 2 is 2.05 bits per heavy atom. The minimum atomic E-state index is -1.02. The summed E-state index contributed by atoms with van der Waals surface area (Å²) >= 11 is 3.34. The summed E-state index contributed by atoms with van der Waals surface area (Å²) in [5.41, 5.74) is 1.97. The van der Waals surface area contributed by atoms with Crippen LogP contribution < -0.4 is 5.32 Å². The first-order valence-corrected chi connectivity index (χ1v) is 7.22. The molecule has 2 N–H and O–H groups in total. The van der Waals surface area contributed by atoms with E-state index in [0.717, 1.165) is 10.0 Å². The highest BCUT2D eigenvalue weighted by Crippen LogP contribution is 2.20. The van der Waals surface area contributed by atoms with Gasteiger partial charge in [0.1, 0.15) is 5.69 Å². The van der Waals surface area contributed by atoms with Gasteiger partial charge in [0.2, 0.25) is 0 Å². The smallest absolute Gasteiger partial charge is 0.335 e. The number of carboxylic acids is 1. The molecule has 0 radical (unpaired) electrons. The van der Waals surface area contributed by atoms with Crippen molar-refractivity contribution >= 4 is 33.5 Å². The largest absolute Gasteiger partial charge is 0.478 e. The van der Waals surface area contributed by atoms with Gasteiger partial charge >= 0.3 is 5.97 Å². The Morgan fingerprint density at radius 1 is 1.33 bits per heavy atom.